The highest BCUT2D eigenvalue weighted by atomic mass is 16.5. The largest absolute Gasteiger partial charge is 0.503 e. The lowest BCUT2D eigenvalue weighted by Gasteiger charge is -2.05. The molecule has 1 aromatic carbocycles. The van der Waals surface area contributed by atoms with Crippen LogP contribution in [0, 0.1) is 11.8 Å². The molecule has 0 aliphatic heterocycles. The Kier molecular flexibility index (Phi) is 5.42. The Labute approximate surface area is 111 Å². The van der Waals surface area contributed by atoms with E-state index in [0.717, 1.165) is 0 Å². The van der Waals surface area contributed by atoms with Crippen LogP contribution in [0.3, 0.4) is 0 Å². The number of amides is 1. The lowest BCUT2D eigenvalue weighted by atomic mass is 10.1. The van der Waals surface area contributed by atoms with Crippen LogP contribution in [0.2, 0.25) is 0 Å². The maximum absolute atomic E-state index is 10.8. The van der Waals surface area contributed by atoms with Crippen LogP contribution in [0.5, 0.6) is 11.5 Å². The second kappa shape index (κ2) is 7.07. The van der Waals surface area contributed by atoms with Crippen LogP contribution < -0.4 is 10.1 Å². The van der Waals surface area contributed by atoms with Crippen LogP contribution in [0.1, 0.15) is 29.3 Å². The Balaban J connectivity index is 2.85. The van der Waals surface area contributed by atoms with E-state index in [4.69, 9.17) is 4.74 Å². The van der Waals surface area contributed by atoms with Gasteiger partial charge >= 0.3 is 0 Å². The molecule has 1 aromatic rings. The van der Waals surface area contributed by atoms with E-state index in [1.165, 1.54) is 26.2 Å². The molecule has 0 saturated heterocycles. The number of carbonyl (C=O) groups is 2. The van der Waals surface area contributed by atoms with E-state index in [9.17, 15) is 14.7 Å². The number of benzene rings is 1. The van der Waals surface area contributed by atoms with Crippen molar-refractivity contribution in [1.29, 1.82) is 0 Å². The first-order valence-electron chi connectivity index (χ1n) is 5.68. The third kappa shape index (κ3) is 4.36. The molecule has 0 unspecified atom stereocenters. The van der Waals surface area contributed by atoms with Gasteiger partial charge in [0.1, 0.15) is 6.29 Å². The van der Waals surface area contributed by atoms with Crippen LogP contribution in [-0.4, -0.2) is 31.0 Å². The minimum Gasteiger partial charge on any atom is -0.503 e. The molecule has 0 bridgehead atoms. The lowest BCUT2D eigenvalue weighted by Crippen LogP contribution is -2.20. The highest BCUT2D eigenvalue weighted by Crippen LogP contribution is 2.30. The second-order valence-electron chi connectivity index (χ2n) is 3.77. The zero-order chi connectivity index (χ0) is 14.3. The number of rotatable bonds is 4. The molecular weight excluding hydrogens is 246 g/mol. The Morgan fingerprint density at radius 1 is 1.53 bits per heavy atom. The summed E-state index contributed by atoms with van der Waals surface area (Å²) < 4.78 is 4.95. The van der Waals surface area contributed by atoms with Crippen molar-refractivity contribution in [3.05, 3.63) is 23.3 Å². The van der Waals surface area contributed by atoms with E-state index in [-0.39, 0.29) is 17.4 Å². The van der Waals surface area contributed by atoms with E-state index in [1.807, 2.05) is 0 Å². The van der Waals surface area contributed by atoms with Crippen LogP contribution in [0.4, 0.5) is 0 Å². The topological polar surface area (TPSA) is 75.6 Å². The maximum atomic E-state index is 10.8. The molecule has 0 aliphatic rings. The fourth-order valence-corrected chi connectivity index (χ4v) is 1.41. The van der Waals surface area contributed by atoms with Gasteiger partial charge in [0.25, 0.3) is 0 Å². The summed E-state index contributed by atoms with van der Waals surface area (Å²) in [6.07, 6.45) is 1.11. The van der Waals surface area contributed by atoms with Gasteiger partial charge in [0.15, 0.2) is 11.5 Å². The molecule has 0 atom stereocenters. The molecule has 2 N–H and O–H groups in total. The number of methoxy groups -OCH3 is 1. The molecule has 19 heavy (non-hydrogen) atoms. The van der Waals surface area contributed by atoms with E-state index in [1.54, 1.807) is 0 Å². The SMILES string of the molecule is COc1cc(C=O)cc(C#CCCNC(C)=O)c1O. The Bertz CT molecular complexity index is 540. The normalized spacial score (nSPS) is 9.16. The van der Waals surface area contributed by atoms with Crippen molar-refractivity contribution >= 4 is 12.2 Å². The van der Waals surface area contributed by atoms with Crippen molar-refractivity contribution in [3.8, 4) is 23.3 Å². The van der Waals surface area contributed by atoms with E-state index in [2.05, 4.69) is 17.2 Å². The Morgan fingerprint density at radius 2 is 2.26 bits per heavy atom. The Morgan fingerprint density at radius 3 is 2.84 bits per heavy atom. The number of hydrogen-bond acceptors (Lipinski definition) is 4. The molecule has 100 valence electrons. The molecule has 5 nitrogen and oxygen atoms in total. The lowest BCUT2D eigenvalue weighted by molar-refractivity contribution is -0.118. The summed E-state index contributed by atoms with van der Waals surface area (Å²) in [4.78, 5) is 21.4. The maximum Gasteiger partial charge on any atom is 0.216 e. The van der Waals surface area contributed by atoms with Crippen molar-refractivity contribution in [2.75, 3.05) is 13.7 Å². The van der Waals surface area contributed by atoms with Gasteiger partial charge in [0.2, 0.25) is 5.91 Å². The quantitative estimate of drug-likeness (QED) is 0.483. The van der Waals surface area contributed by atoms with Crippen molar-refractivity contribution in [2.45, 2.75) is 13.3 Å². The molecule has 0 radical (unpaired) electrons. The zero-order valence-electron chi connectivity index (χ0n) is 10.8. The summed E-state index contributed by atoms with van der Waals surface area (Å²) in [5.74, 6) is 5.54. The molecule has 0 fully saturated rings. The summed E-state index contributed by atoms with van der Waals surface area (Å²) in [5.41, 5.74) is 0.699. The van der Waals surface area contributed by atoms with Crippen molar-refractivity contribution in [3.63, 3.8) is 0 Å². The van der Waals surface area contributed by atoms with Crippen molar-refractivity contribution in [2.24, 2.45) is 0 Å². The molecule has 0 heterocycles. The summed E-state index contributed by atoms with van der Waals surface area (Å²) in [5, 5.41) is 12.4. The monoisotopic (exact) mass is 261 g/mol. The summed E-state index contributed by atoms with van der Waals surface area (Å²) in [6, 6.07) is 2.92. The number of aldehydes is 1. The Hall–Kier alpha value is -2.48. The van der Waals surface area contributed by atoms with Crippen molar-refractivity contribution < 1.29 is 19.4 Å². The van der Waals surface area contributed by atoms with E-state index < -0.39 is 0 Å². The molecule has 1 rings (SSSR count). The molecule has 0 spiro atoms. The first-order valence-corrected chi connectivity index (χ1v) is 5.68. The number of ether oxygens (including phenoxy) is 1. The van der Waals surface area contributed by atoms with Gasteiger partial charge in [0, 0.05) is 25.5 Å². The van der Waals surface area contributed by atoms with Crippen molar-refractivity contribution in [1.82, 2.24) is 5.32 Å². The fourth-order valence-electron chi connectivity index (χ4n) is 1.41. The van der Waals surface area contributed by atoms with Gasteiger partial charge in [-0.25, -0.2) is 0 Å². The van der Waals surface area contributed by atoms with Gasteiger partial charge in [-0.05, 0) is 12.1 Å². The minimum atomic E-state index is -0.116. The van der Waals surface area contributed by atoms with Gasteiger partial charge < -0.3 is 15.2 Å². The molecule has 1 amide bonds. The van der Waals surface area contributed by atoms with Crippen LogP contribution in [-0.2, 0) is 4.79 Å². The summed E-state index contributed by atoms with van der Waals surface area (Å²) in [6.45, 7) is 1.87. The number of aromatic hydroxyl groups is 1. The first-order chi connectivity index (χ1) is 9.08. The average Bonchev–Trinajstić information content (AvgIpc) is 2.39. The van der Waals surface area contributed by atoms with Crippen LogP contribution >= 0.6 is 0 Å². The molecule has 5 heteroatoms. The number of nitrogens with one attached hydrogen (secondary N) is 1. The van der Waals surface area contributed by atoms with Gasteiger partial charge in [-0.15, -0.1) is 0 Å². The minimum absolute atomic E-state index is 0.0971. The van der Waals surface area contributed by atoms with Crippen LogP contribution in [0.25, 0.3) is 0 Å². The van der Waals surface area contributed by atoms with Gasteiger partial charge in [0.05, 0.1) is 12.7 Å². The predicted molar refractivity (Wildman–Crippen MR) is 70.2 cm³/mol. The van der Waals surface area contributed by atoms with Gasteiger partial charge in [-0.1, -0.05) is 11.8 Å². The average molecular weight is 261 g/mol. The second-order valence-corrected chi connectivity index (χ2v) is 3.77. The third-order valence-electron chi connectivity index (χ3n) is 2.30. The van der Waals surface area contributed by atoms with Gasteiger partial charge in [-0.3, -0.25) is 9.59 Å². The highest BCUT2D eigenvalue weighted by Gasteiger charge is 2.08. The standard InChI is InChI=1S/C14H15NO4/c1-10(17)15-6-4-3-5-12-7-11(9-16)8-13(19-2)14(12)18/h7-9,18H,4,6H2,1-2H3,(H,15,17). The number of hydrogen-bond donors (Lipinski definition) is 2. The smallest absolute Gasteiger partial charge is 0.216 e. The molecule has 0 saturated carbocycles. The summed E-state index contributed by atoms with van der Waals surface area (Å²) >= 11 is 0. The highest BCUT2D eigenvalue weighted by molar-refractivity contribution is 5.78. The summed E-state index contributed by atoms with van der Waals surface area (Å²) in [7, 11) is 1.40. The molecule has 0 aliphatic carbocycles. The van der Waals surface area contributed by atoms with E-state index >= 15 is 0 Å². The molecular formula is C14H15NO4. The number of phenols is 1. The van der Waals surface area contributed by atoms with E-state index in [0.29, 0.717) is 30.4 Å². The zero-order valence-corrected chi connectivity index (χ0v) is 10.8. The number of phenolic OH excluding ortho intramolecular Hbond substituents is 1. The fraction of sp³-hybridized carbons (Fsp3) is 0.286. The molecule has 0 aromatic heterocycles. The van der Waals surface area contributed by atoms with Crippen LogP contribution in [0.15, 0.2) is 12.1 Å². The van der Waals surface area contributed by atoms with Gasteiger partial charge in [-0.2, -0.15) is 0 Å². The number of carbonyl (C=O) groups excluding carboxylic acids is 2. The first kappa shape index (κ1) is 14.6. The third-order valence-corrected chi connectivity index (χ3v) is 2.30. The predicted octanol–water partition coefficient (Wildman–Crippen LogP) is 1.09.